The van der Waals surface area contributed by atoms with E-state index < -0.39 is 0 Å². The van der Waals surface area contributed by atoms with E-state index in [9.17, 15) is 0 Å². The number of fused-ring (bicyclic) bond motifs is 2. The van der Waals surface area contributed by atoms with Crippen molar-refractivity contribution in [1.82, 2.24) is 14.9 Å². The van der Waals surface area contributed by atoms with Gasteiger partial charge in [-0.25, -0.2) is 9.97 Å². The molecule has 2 aliphatic rings. The van der Waals surface area contributed by atoms with E-state index in [1.54, 1.807) is 0 Å². The molecule has 0 bridgehead atoms. The van der Waals surface area contributed by atoms with Gasteiger partial charge < -0.3 is 9.64 Å². The number of aryl methyl sites for hydroxylation is 1. The fourth-order valence-corrected chi connectivity index (χ4v) is 3.73. The Morgan fingerprint density at radius 1 is 1.18 bits per heavy atom. The van der Waals surface area contributed by atoms with Crippen molar-refractivity contribution in [2.45, 2.75) is 25.4 Å². The second-order valence-electron chi connectivity index (χ2n) is 6.59. The molecule has 3 heterocycles. The zero-order valence-corrected chi connectivity index (χ0v) is 13.2. The number of aromatic nitrogens is 2. The predicted molar refractivity (Wildman–Crippen MR) is 85.7 cm³/mol. The fourth-order valence-electron chi connectivity index (χ4n) is 3.73. The van der Waals surface area contributed by atoms with Gasteiger partial charge in [0.05, 0.1) is 24.3 Å². The molecule has 22 heavy (non-hydrogen) atoms. The molecule has 4 nitrogen and oxygen atoms in total. The third-order valence-electron chi connectivity index (χ3n) is 4.92. The van der Waals surface area contributed by atoms with Crippen molar-refractivity contribution in [2.24, 2.45) is 0 Å². The molecule has 2 aromatic rings. The van der Waals surface area contributed by atoms with Crippen molar-refractivity contribution in [2.75, 3.05) is 26.7 Å². The van der Waals surface area contributed by atoms with Gasteiger partial charge in [0.25, 0.3) is 0 Å². The fraction of sp³-hybridized carbons (Fsp3) is 0.444. The molecule has 1 spiro atoms. The van der Waals surface area contributed by atoms with E-state index in [2.05, 4.69) is 31.0 Å². The van der Waals surface area contributed by atoms with Gasteiger partial charge in [-0.1, -0.05) is 30.3 Å². The molecule has 0 unspecified atom stereocenters. The Morgan fingerprint density at radius 2 is 2.00 bits per heavy atom. The van der Waals surface area contributed by atoms with Crippen LogP contribution in [0.25, 0.3) is 11.4 Å². The molecular formula is C18H21N3O. The summed E-state index contributed by atoms with van der Waals surface area (Å²) >= 11 is 0. The summed E-state index contributed by atoms with van der Waals surface area (Å²) in [5, 5.41) is 0. The van der Waals surface area contributed by atoms with Gasteiger partial charge in [-0.05, 0) is 26.9 Å². The Morgan fingerprint density at radius 3 is 2.73 bits per heavy atom. The molecular weight excluding hydrogens is 274 g/mol. The summed E-state index contributed by atoms with van der Waals surface area (Å²) in [6.45, 7) is 5.61. The van der Waals surface area contributed by atoms with Crippen LogP contribution in [0.4, 0.5) is 0 Å². The first-order valence-electron chi connectivity index (χ1n) is 7.88. The quantitative estimate of drug-likeness (QED) is 0.810. The molecule has 2 aliphatic heterocycles. The highest BCUT2D eigenvalue weighted by Gasteiger charge is 2.44. The molecule has 1 aromatic heterocycles. The normalized spacial score (nSPS) is 24.6. The minimum Gasteiger partial charge on any atom is -0.376 e. The van der Waals surface area contributed by atoms with E-state index in [1.165, 1.54) is 11.3 Å². The average molecular weight is 295 g/mol. The number of likely N-dealkylation sites (N-methyl/N-ethyl adjacent to an activating group) is 1. The van der Waals surface area contributed by atoms with Crippen LogP contribution in [0.1, 0.15) is 23.4 Å². The van der Waals surface area contributed by atoms with Gasteiger partial charge in [0.2, 0.25) is 0 Å². The minimum absolute atomic E-state index is 0.0412. The molecule has 0 N–H and O–H groups in total. The monoisotopic (exact) mass is 295 g/mol. The smallest absolute Gasteiger partial charge is 0.159 e. The van der Waals surface area contributed by atoms with Crippen LogP contribution in [-0.4, -0.2) is 41.6 Å². The van der Waals surface area contributed by atoms with Crippen molar-refractivity contribution >= 4 is 0 Å². The second kappa shape index (κ2) is 5.14. The molecule has 0 saturated carbocycles. The number of nitrogens with zero attached hydrogens (tertiary/aromatic N) is 3. The van der Waals surface area contributed by atoms with Gasteiger partial charge in [0.15, 0.2) is 5.82 Å². The van der Waals surface area contributed by atoms with Crippen LogP contribution in [0, 0.1) is 6.92 Å². The lowest BCUT2D eigenvalue weighted by molar-refractivity contribution is 0.0511. The summed E-state index contributed by atoms with van der Waals surface area (Å²) in [5.41, 5.74) is 4.59. The highest BCUT2D eigenvalue weighted by molar-refractivity contribution is 5.56. The van der Waals surface area contributed by atoms with Crippen LogP contribution in [0.5, 0.6) is 0 Å². The number of rotatable bonds is 1. The predicted octanol–water partition coefficient (Wildman–Crippen LogP) is 2.56. The van der Waals surface area contributed by atoms with E-state index in [0.717, 1.165) is 43.2 Å². The first-order chi connectivity index (χ1) is 10.7. The molecule has 1 atom stereocenters. The highest BCUT2D eigenvalue weighted by atomic mass is 16.5. The van der Waals surface area contributed by atoms with Crippen LogP contribution in [0.15, 0.2) is 30.3 Å². The molecule has 0 aliphatic carbocycles. The number of ether oxygens (including phenoxy) is 1. The standard InChI is InChI=1S/C18H21N3O/c1-13-15-10-22-12-18(8-9-21(2)11-18)16(15)20-17(19-13)14-6-4-3-5-7-14/h3-7H,8-12H2,1-2H3/t18-/m1/s1. The van der Waals surface area contributed by atoms with E-state index in [0.29, 0.717) is 6.61 Å². The van der Waals surface area contributed by atoms with E-state index in [1.807, 2.05) is 18.2 Å². The molecule has 4 rings (SSSR count). The van der Waals surface area contributed by atoms with E-state index in [-0.39, 0.29) is 5.41 Å². The molecule has 0 amide bonds. The molecule has 1 fully saturated rings. The maximum atomic E-state index is 5.90. The van der Waals surface area contributed by atoms with E-state index >= 15 is 0 Å². The first-order valence-corrected chi connectivity index (χ1v) is 7.88. The summed E-state index contributed by atoms with van der Waals surface area (Å²) in [6.07, 6.45) is 1.11. The van der Waals surface area contributed by atoms with Crippen molar-refractivity contribution in [1.29, 1.82) is 0 Å². The lowest BCUT2D eigenvalue weighted by atomic mass is 9.80. The van der Waals surface area contributed by atoms with Crippen LogP contribution < -0.4 is 0 Å². The summed E-state index contributed by atoms with van der Waals surface area (Å²) in [6, 6.07) is 10.3. The lowest BCUT2D eigenvalue weighted by Gasteiger charge is -2.35. The zero-order valence-electron chi connectivity index (χ0n) is 13.2. The third-order valence-corrected chi connectivity index (χ3v) is 4.92. The number of likely N-dealkylation sites (tertiary alicyclic amines) is 1. The maximum absolute atomic E-state index is 5.90. The maximum Gasteiger partial charge on any atom is 0.159 e. The molecule has 4 heteroatoms. The first kappa shape index (κ1) is 13.9. The van der Waals surface area contributed by atoms with Crippen molar-refractivity contribution in [3.8, 4) is 11.4 Å². The summed E-state index contributed by atoms with van der Waals surface area (Å²) in [5.74, 6) is 0.840. The summed E-state index contributed by atoms with van der Waals surface area (Å²) in [7, 11) is 2.18. The van der Waals surface area contributed by atoms with Crippen LogP contribution in [0.2, 0.25) is 0 Å². The molecule has 1 saturated heterocycles. The van der Waals surface area contributed by atoms with Gasteiger partial charge >= 0.3 is 0 Å². The lowest BCUT2D eigenvalue weighted by Crippen LogP contribution is -2.40. The Kier molecular flexibility index (Phi) is 3.24. The number of hydrogen-bond donors (Lipinski definition) is 0. The molecule has 0 radical (unpaired) electrons. The molecule has 1 aromatic carbocycles. The van der Waals surface area contributed by atoms with Gasteiger partial charge in [0.1, 0.15) is 0 Å². The van der Waals surface area contributed by atoms with Crippen LogP contribution in [-0.2, 0) is 16.8 Å². The highest BCUT2D eigenvalue weighted by Crippen LogP contribution is 2.40. The topological polar surface area (TPSA) is 38.3 Å². The van der Waals surface area contributed by atoms with Gasteiger partial charge in [-0.3, -0.25) is 0 Å². The van der Waals surface area contributed by atoms with Gasteiger partial charge in [-0.2, -0.15) is 0 Å². The Labute approximate surface area is 131 Å². The Bertz CT molecular complexity index is 701. The number of hydrogen-bond acceptors (Lipinski definition) is 4. The minimum atomic E-state index is 0.0412. The van der Waals surface area contributed by atoms with Crippen LogP contribution in [0.3, 0.4) is 0 Å². The SMILES string of the molecule is Cc1nc(-c2ccccc2)nc2c1COC[C@]21CCN(C)C1. The van der Waals surface area contributed by atoms with Gasteiger partial charge in [-0.15, -0.1) is 0 Å². The van der Waals surface area contributed by atoms with E-state index in [4.69, 9.17) is 14.7 Å². The van der Waals surface area contributed by atoms with Crippen molar-refractivity contribution < 1.29 is 4.74 Å². The summed E-state index contributed by atoms with van der Waals surface area (Å²) in [4.78, 5) is 12.1. The molecule has 114 valence electrons. The largest absolute Gasteiger partial charge is 0.376 e. The van der Waals surface area contributed by atoms with Crippen molar-refractivity contribution in [3.05, 3.63) is 47.3 Å². The summed E-state index contributed by atoms with van der Waals surface area (Å²) < 4.78 is 5.90. The second-order valence-corrected chi connectivity index (χ2v) is 6.59. The Hall–Kier alpha value is -1.78. The average Bonchev–Trinajstić information content (AvgIpc) is 2.91. The zero-order chi connectivity index (χ0) is 15.2. The Balaban J connectivity index is 1.87. The van der Waals surface area contributed by atoms with Crippen LogP contribution >= 0.6 is 0 Å². The van der Waals surface area contributed by atoms with Gasteiger partial charge in [0, 0.05) is 23.4 Å². The third kappa shape index (κ3) is 2.14. The number of benzene rings is 1. The van der Waals surface area contributed by atoms with Crippen molar-refractivity contribution in [3.63, 3.8) is 0 Å².